The van der Waals surface area contributed by atoms with Gasteiger partial charge in [-0.25, -0.2) is 0 Å². The number of nitrogens with two attached hydrogens (primary N) is 1. The number of hydrogen-bond donors (Lipinski definition) is 1. The molecule has 1 atom stereocenters. The highest BCUT2D eigenvalue weighted by atomic mass is 16.5. The number of benzene rings is 1. The molecule has 1 unspecified atom stereocenters. The van der Waals surface area contributed by atoms with Crippen molar-refractivity contribution >= 4 is 5.91 Å². The Morgan fingerprint density at radius 2 is 2.39 bits per heavy atom. The quantitative estimate of drug-likeness (QED) is 0.839. The normalized spacial score (nSPS) is 20.0. The molecule has 1 fully saturated rings. The molecular weight excluding hydrogens is 232 g/mol. The van der Waals surface area contributed by atoms with Crippen molar-refractivity contribution in [1.29, 1.82) is 0 Å². The molecule has 2 N–H and O–H groups in total. The van der Waals surface area contributed by atoms with E-state index in [0.29, 0.717) is 19.7 Å². The van der Waals surface area contributed by atoms with Gasteiger partial charge in [0.2, 0.25) is 5.91 Å². The molecule has 0 bridgehead atoms. The molecule has 0 aromatic heterocycles. The predicted molar refractivity (Wildman–Crippen MR) is 67.2 cm³/mol. The molecule has 1 amide bonds. The summed E-state index contributed by atoms with van der Waals surface area (Å²) in [6.07, 6.45) is 0. The minimum absolute atomic E-state index is 0.0143. The number of hydrogen-bond acceptors (Lipinski definition) is 4. The number of morpholine rings is 1. The predicted octanol–water partition coefficient (Wildman–Crippen LogP) is 0.381. The van der Waals surface area contributed by atoms with Crippen LogP contribution >= 0.6 is 0 Å². The van der Waals surface area contributed by atoms with Crippen molar-refractivity contribution < 1.29 is 14.3 Å². The second-order valence-corrected chi connectivity index (χ2v) is 4.28. The van der Waals surface area contributed by atoms with Crippen LogP contribution in [0.2, 0.25) is 0 Å². The van der Waals surface area contributed by atoms with E-state index in [1.165, 1.54) is 0 Å². The summed E-state index contributed by atoms with van der Waals surface area (Å²) in [5, 5.41) is 0. The van der Waals surface area contributed by atoms with E-state index in [2.05, 4.69) is 0 Å². The van der Waals surface area contributed by atoms with Crippen molar-refractivity contribution in [2.45, 2.75) is 12.6 Å². The SMILES string of the molecule is COc1cccc(CN2C(=O)COCC2CN)c1. The molecule has 1 aromatic carbocycles. The molecule has 2 rings (SSSR count). The fourth-order valence-electron chi connectivity index (χ4n) is 2.04. The summed E-state index contributed by atoms with van der Waals surface area (Å²) >= 11 is 0. The zero-order valence-corrected chi connectivity index (χ0v) is 10.5. The van der Waals surface area contributed by atoms with E-state index in [0.717, 1.165) is 11.3 Å². The third kappa shape index (κ3) is 2.80. The number of nitrogens with zero attached hydrogens (tertiary/aromatic N) is 1. The molecule has 1 aliphatic rings. The van der Waals surface area contributed by atoms with Gasteiger partial charge in [-0.3, -0.25) is 4.79 Å². The molecule has 1 heterocycles. The summed E-state index contributed by atoms with van der Waals surface area (Å²) < 4.78 is 10.4. The van der Waals surface area contributed by atoms with Crippen LogP contribution in [0.5, 0.6) is 5.75 Å². The molecular formula is C13H18N2O3. The topological polar surface area (TPSA) is 64.8 Å². The Labute approximate surface area is 106 Å². The fraction of sp³-hybridized carbons (Fsp3) is 0.462. The Bertz CT molecular complexity index is 422. The van der Waals surface area contributed by atoms with Gasteiger partial charge in [-0.05, 0) is 17.7 Å². The van der Waals surface area contributed by atoms with Crippen molar-refractivity contribution in [2.24, 2.45) is 5.73 Å². The van der Waals surface area contributed by atoms with Gasteiger partial charge < -0.3 is 20.1 Å². The minimum atomic E-state index is -0.0440. The van der Waals surface area contributed by atoms with Crippen LogP contribution < -0.4 is 10.5 Å². The summed E-state index contributed by atoms with van der Waals surface area (Å²) in [5.74, 6) is 0.775. The molecule has 0 saturated carbocycles. The molecule has 0 aliphatic carbocycles. The van der Waals surface area contributed by atoms with E-state index in [9.17, 15) is 4.79 Å². The van der Waals surface area contributed by atoms with Crippen molar-refractivity contribution in [3.63, 3.8) is 0 Å². The zero-order valence-electron chi connectivity index (χ0n) is 10.5. The van der Waals surface area contributed by atoms with Gasteiger partial charge >= 0.3 is 0 Å². The molecule has 0 radical (unpaired) electrons. The van der Waals surface area contributed by atoms with Crippen LogP contribution in [-0.4, -0.2) is 43.7 Å². The standard InChI is InChI=1S/C13H18N2O3/c1-17-12-4-2-3-10(5-12)7-15-11(6-14)8-18-9-13(15)16/h2-5,11H,6-9,14H2,1H3. The molecule has 18 heavy (non-hydrogen) atoms. The zero-order chi connectivity index (χ0) is 13.0. The lowest BCUT2D eigenvalue weighted by Crippen LogP contribution is -2.52. The van der Waals surface area contributed by atoms with Crippen LogP contribution in [0.4, 0.5) is 0 Å². The van der Waals surface area contributed by atoms with Gasteiger partial charge in [0.1, 0.15) is 12.4 Å². The van der Waals surface area contributed by atoms with Gasteiger partial charge in [0.25, 0.3) is 0 Å². The van der Waals surface area contributed by atoms with Gasteiger partial charge in [0, 0.05) is 13.1 Å². The van der Waals surface area contributed by atoms with Gasteiger partial charge in [-0.2, -0.15) is 0 Å². The molecule has 5 nitrogen and oxygen atoms in total. The van der Waals surface area contributed by atoms with E-state index in [4.69, 9.17) is 15.2 Å². The number of amides is 1. The third-order valence-electron chi connectivity index (χ3n) is 3.06. The number of rotatable bonds is 4. The van der Waals surface area contributed by atoms with Crippen LogP contribution in [0.1, 0.15) is 5.56 Å². The fourth-order valence-corrected chi connectivity index (χ4v) is 2.04. The molecule has 0 spiro atoms. The summed E-state index contributed by atoms with van der Waals surface area (Å²) in [6, 6.07) is 7.65. The second-order valence-electron chi connectivity index (χ2n) is 4.28. The second kappa shape index (κ2) is 5.84. The van der Waals surface area contributed by atoms with Crippen molar-refractivity contribution in [1.82, 2.24) is 4.90 Å². The highest BCUT2D eigenvalue weighted by molar-refractivity contribution is 5.78. The maximum Gasteiger partial charge on any atom is 0.249 e. The first-order chi connectivity index (χ1) is 8.74. The highest BCUT2D eigenvalue weighted by Gasteiger charge is 2.27. The van der Waals surface area contributed by atoms with Gasteiger partial charge in [-0.1, -0.05) is 12.1 Å². The summed E-state index contributed by atoms with van der Waals surface area (Å²) in [6.45, 7) is 1.60. The molecule has 1 saturated heterocycles. The molecule has 98 valence electrons. The molecule has 1 aliphatic heterocycles. The van der Waals surface area contributed by atoms with Crippen LogP contribution in [0, 0.1) is 0 Å². The number of ether oxygens (including phenoxy) is 2. The van der Waals surface area contributed by atoms with Crippen molar-refractivity contribution in [2.75, 3.05) is 26.9 Å². The third-order valence-corrected chi connectivity index (χ3v) is 3.06. The van der Waals surface area contributed by atoms with E-state index in [1.54, 1.807) is 12.0 Å². The smallest absolute Gasteiger partial charge is 0.249 e. The summed E-state index contributed by atoms with van der Waals surface area (Å²) in [4.78, 5) is 13.6. The Morgan fingerprint density at radius 3 is 3.11 bits per heavy atom. The maximum absolute atomic E-state index is 11.8. The Kier molecular flexibility index (Phi) is 4.17. The molecule has 1 aromatic rings. The highest BCUT2D eigenvalue weighted by Crippen LogP contribution is 2.17. The first-order valence-electron chi connectivity index (χ1n) is 5.95. The van der Waals surface area contributed by atoms with Crippen molar-refractivity contribution in [3.8, 4) is 5.75 Å². The van der Waals surface area contributed by atoms with Gasteiger partial charge in [-0.15, -0.1) is 0 Å². The molecule has 5 heteroatoms. The summed E-state index contributed by atoms with van der Waals surface area (Å²) in [5.41, 5.74) is 6.70. The van der Waals surface area contributed by atoms with Crippen LogP contribution in [0.15, 0.2) is 24.3 Å². The average molecular weight is 250 g/mol. The maximum atomic E-state index is 11.8. The number of carbonyl (C=O) groups is 1. The minimum Gasteiger partial charge on any atom is -0.497 e. The number of carbonyl (C=O) groups excluding carboxylic acids is 1. The van der Waals surface area contributed by atoms with E-state index >= 15 is 0 Å². The Balaban J connectivity index is 2.12. The monoisotopic (exact) mass is 250 g/mol. The largest absolute Gasteiger partial charge is 0.497 e. The van der Waals surface area contributed by atoms with Gasteiger partial charge in [0.15, 0.2) is 0 Å². The van der Waals surface area contributed by atoms with E-state index in [1.807, 2.05) is 24.3 Å². The Morgan fingerprint density at radius 1 is 1.56 bits per heavy atom. The van der Waals surface area contributed by atoms with Crippen LogP contribution in [0.3, 0.4) is 0 Å². The van der Waals surface area contributed by atoms with Crippen LogP contribution in [0.25, 0.3) is 0 Å². The first kappa shape index (κ1) is 12.9. The Hall–Kier alpha value is -1.59. The lowest BCUT2D eigenvalue weighted by atomic mass is 10.1. The first-order valence-corrected chi connectivity index (χ1v) is 5.95. The van der Waals surface area contributed by atoms with E-state index < -0.39 is 0 Å². The lowest BCUT2D eigenvalue weighted by Gasteiger charge is -2.34. The van der Waals surface area contributed by atoms with E-state index in [-0.39, 0.29) is 18.6 Å². The van der Waals surface area contributed by atoms with Gasteiger partial charge in [0.05, 0.1) is 19.8 Å². The average Bonchev–Trinajstić information content (AvgIpc) is 2.41. The number of methoxy groups -OCH3 is 1. The summed E-state index contributed by atoms with van der Waals surface area (Å²) in [7, 11) is 1.63. The van der Waals surface area contributed by atoms with Crippen LogP contribution in [-0.2, 0) is 16.1 Å². The lowest BCUT2D eigenvalue weighted by molar-refractivity contribution is -0.148. The van der Waals surface area contributed by atoms with Crippen molar-refractivity contribution in [3.05, 3.63) is 29.8 Å².